The minimum absolute atomic E-state index is 0.0897. The van der Waals surface area contributed by atoms with Crippen LogP contribution < -0.4 is 14.4 Å². The maximum atomic E-state index is 14.1. The van der Waals surface area contributed by atoms with Gasteiger partial charge >= 0.3 is 6.03 Å². The SMILES string of the molecule is CC1(C)C(=O)N(c2ccc(C#N)c(F)c2)C(=O)N1CCCOc1ccc(-c2cc[n+]([O-])cc2)cc1. The van der Waals surface area contributed by atoms with Gasteiger partial charge in [-0.2, -0.15) is 9.99 Å². The van der Waals surface area contributed by atoms with Crippen LogP contribution in [0, 0.1) is 22.4 Å². The number of hydrogen-bond acceptors (Lipinski definition) is 5. The third-order valence-corrected chi connectivity index (χ3v) is 5.94. The summed E-state index contributed by atoms with van der Waals surface area (Å²) in [6, 6.07) is 15.7. The topological polar surface area (TPSA) is 101 Å². The molecular weight excluding hydrogens is 451 g/mol. The molecule has 1 saturated heterocycles. The zero-order valence-electron chi connectivity index (χ0n) is 19.3. The highest BCUT2D eigenvalue weighted by atomic mass is 19.1. The lowest BCUT2D eigenvalue weighted by molar-refractivity contribution is -0.605. The Balaban J connectivity index is 1.36. The lowest BCUT2D eigenvalue weighted by atomic mass is 10.0. The van der Waals surface area contributed by atoms with Crippen molar-refractivity contribution >= 4 is 17.6 Å². The molecule has 35 heavy (non-hydrogen) atoms. The van der Waals surface area contributed by atoms with E-state index in [1.807, 2.05) is 24.3 Å². The number of anilines is 1. The molecule has 2 aromatic carbocycles. The van der Waals surface area contributed by atoms with E-state index in [0.29, 0.717) is 18.8 Å². The molecule has 0 bridgehead atoms. The minimum Gasteiger partial charge on any atom is -0.619 e. The van der Waals surface area contributed by atoms with Gasteiger partial charge in [0.15, 0.2) is 12.4 Å². The normalized spacial score (nSPS) is 14.8. The summed E-state index contributed by atoms with van der Waals surface area (Å²) >= 11 is 0. The third-order valence-electron chi connectivity index (χ3n) is 5.94. The molecule has 0 spiro atoms. The van der Waals surface area contributed by atoms with Gasteiger partial charge in [-0.15, -0.1) is 0 Å². The fourth-order valence-corrected chi connectivity index (χ4v) is 3.93. The van der Waals surface area contributed by atoms with Gasteiger partial charge in [-0.1, -0.05) is 12.1 Å². The van der Waals surface area contributed by atoms with Crippen molar-refractivity contribution in [1.82, 2.24) is 4.90 Å². The summed E-state index contributed by atoms with van der Waals surface area (Å²) in [5.41, 5.74) is 0.677. The van der Waals surface area contributed by atoms with E-state index in [1.165, 1.54) is 29.4 Å². The van der Waals surface area contributed by atoms with E-state index in [0.717, 1.165) is 26.8 Å². The Kier molecular flexibility index (Phi) is 6.38. The molecule has 2 heterocycles. The van der Waals surface area contributed by atoms with Gasteiger partial charge in [0, 0.05) is 18.7 Å². The molecule has 0 unspecified atom stereocenters. The van der Waals surface area contributed by atoms with Crippen LogP contribution in [0.25, 0.3) is 11.1 Å². The highest BCUT2D eigenvalue weighted by molar-refractivity contribution is 6.22. The second-order valence-electron chi connectivity index (χ2n) is 8.58. The van der Waals surface area contributed by atoms with Crippen molar-refractivity contribution in [2.45, 2.75) is 25.8 Å². The summed E-state index contributed by atoms with van der Waals surface area (Å²) < 4.78 is 20.6. The molecular formula is C26H23FN4O4. The summed E-state index contributed by atoms with van der Waals surface area (Å²) in [4.78, 5) is 28.4. The summed E-state index contributed by atoms with van der Waals surface area (Å²) in [6.07, 6.45) is 3.34. The maximum Gasteiger partial charge on any atom is 0.332 e. The highest BCUT2D eigenvalue weighted by Crippen LogP contribution is 2.33. The molecule has 3 amide bonds. The summed E-state index contributed by atoms with van der Waals surface area (Å²) in [5.74, 6) is -0.601. The summed E-state index contributed by atoms with van der Waals surface area (Å²) in [5, 5.41) is 20.1. The molecule has 0 saturated carbocycles. The number of imide groups is 1. The van der Waals surface area contributed by atoms with E-state index in [2.05, 4.69) is 0 Å². The van der Waals surface area contributed by atoms with Crippen LogP contribution in [0.4, 0.5) is 14.9 Å². The van der Waals surface area contributed by atoms with Crippen molar-refractivity contribution < 1.29 is 23.4 Å². The molecule has 9 heteroatoms. The van der Waals surface area contributed by atoms with Gasteiger partial charge < -0.3 is 14.8 Å². The second-order valence-corrected chi connectivity index (χ2v) is 8.58. The quantitative estimate of drug-likeness (QED) is 0.223. The van der Waals surface area contributed by atoms with Gasteiger partial charge in [-0.25, -0.2) is 14.1 Å². The van der Waals surface area contributed by atoms with Crippen LogP contribution in [0.2, 0.25) is 0 Å². The standard InChI is InChI=1S/C26H23FN4O4/c1-26(2)24(32)31(21-7-4-20(17-28)23(27)16-21)25(33)30(26)12-3-15-35-22-8-5-18(6-9-22)19-10-13-29(34)14-11-19/h4-11,13-14,16H,3,12,15H2,1-2H3. The predicted molar refractivity (Wildman–Crippen MR) is 126 cm³/mol. The lowest BCUT2D eigenvalue weighted by Gasteiger charge is -2.27. The number of benzene rings is 2. The monoisotopic (exact) mass is 474 g/mol. The van der Waals surface area contributed by atoms with Crippen molar-refractivity contribution in [3.63, 3.8) is 0 Å². The van der Waals surface area contributed by atoms with Crippen LogP contribution in [-0.2, 0) is 4.79 Å². The number of halogens is 1. The van der Waals surface area contributed by atoms with Gasteiger partial charge in [0.1, 0.15) is 23.2 Å². The van der Waals surface area contributed by atoms with Gasteiger partial charge in [-0.05, 0) is 61.7 Å². The van der Waals surface area contributed by atoms with Crippen LogP contribution in [0.5, 0.6) is 5.75 Å². The Hall–Kier alpha value is -4.45. The molecule has 1 fully saturated rings. The Morgan fingerprint density at radius 1 is 1.06 bits per heavy atom. The van der Waals surface area contributed by atoms with E-state index < -0.39 is 23.3 Å². The predicted octanol–water partition coefficient (Wildman–Crippen LogP) is 4.01. The molecule has 1 aliphatic heterocycles. The van der Waals surface area contributed by atoms with Crippen LogP contribution in [-0.4, -0.2) is 35.5 Å². The number of hydrogen-bond donors (Lipinski definition) is 0. The fourth-order valence-electron chi connectivity index (χ4n) is 3.93. The summed E-state index contributed by atoms with van der Waals surface area (Å²) in [7, 11) is 0. The molecule has 178 valence electrons. The number of pyridine rings is 1. The van der Waals surface area contributed by atoms with E-state index in [9.17, 15) is 19.2 Å². The van der Waals surface area contributed by atoms with Crippen LogP contribution in [0.1, 0.15) is 25.8 Å². The first kappa shape index (κ1) is 23.7. The number of carbonyl (C=O) groups excluding carboxylic acids is 2. The third kappa shape index (κ3) is 4.64. The molecule has 8 nitrogen and oxygen atoms in total. The van der Waals surface area contributed by atoms with Crippen molar-refractivity contribution in [3.8, 4) is 22.9 Å². The van der Waals surface area contributed by atoms with Gasteiger partial charge in [0.05, 0.1) is 17.9 Å². The van der Waals surface area contributed by atoms with Crippen molar-refractivity contribution in [2.24, 2.45) is 0 Å². The second kappa shape index (κ2) is 9.43. The first-order valence-electron chi connectivity index (χ1n) is 11.0. The van der Waals surface area contributed by atoms with Crippen molar-refractivity contribution in [2.75, 3.05) is 18.1 Å². The highest BCUT2D eigenvalue weighted by Gasteiger charge is 2.51. The smallest absolute Gasteiger partial charge is 0.332 e. The van der Waals surface area contributed by atoms with Crippen molar-refractivity contribution in [3.05, 3.63) is 83.6 Å². The first-order chi connectivity index (χ1) is 16.7. The molecule has 1 aromatic heterocycles. The number of nitriles is 1. The average Bonchev–Trinajstić information content (AvgIpc) is 3.01. The molecule has 1 aliphatic rings. The first-order valence-corrected chi connectivity index (χ1v) is 11.0. The van der Waals surface area contributed by atoms with Gasteiger partial charge in [-0.3, -0.25) is 4.79 Å². The maximum absolute atomic E-state index is 14.1. The summed E-state index contributed by atoms with van der Waals surface area (Å²) in [6.45, 7) is 3.87. The molecule has 0 aliphatic carbocycles. The fraction of sp³-hybridized carbons (Fsp3) is 0.231. The van der Waals surface area contributed by atoms with Gasteiger partial charge in [0.25, 0.3) is 5.91 Å². The minimum atomic E-state index is -1.11. The van der Waals surface area contributed by atoms with E-state index in [-0.39, 0.29) is 17.8 Å². The van der Waals surface area contributed by atoms with E-state index in [1.54, 1.807) is 32.0 Å². The molecule has 3 aromatic rings. The number of carbonyl (C=O) groups is 2. The van der Waals surface area contributed by atoms with Crippen LogP contribution in [0.3, 0.4) is 0 Å². The number of ether oxygens (including phenoxy) is 1. The number of urea groups is 1. The van der Waals surface area contributed by atoms with Crippen molar-refractivity contribution in [1.29, 1.82) is 5.26 Å². The van der Waals surface area contributed by atoms with Gasteiger partial charge in [0.2, 0.25) is 0 Å². The van der Waals surface area contributed by atoms with Crippen LogP contribution >= 0.6 is 0 Å². The number of nitrogens with zero attached hydrogens (tertiary/aromatic N) is 4. The lowest BCUT2D eigenvalue weighted by Crippen LogP contribution is -2.44. The number of aromatic nitrogens is 1. The van der Waals surface area contributed by atoms with E-state index in [4.69, 9.17) is 10.00 Å². The largest absolute Gasteiger partial charge is 0.619 e. The average molecular weight is 474 g/mol. The molecule has 0 atom stereocenters. The van der Waals surface area contributed by atoms with Crippen LogP contribution in [0.15, 0.2) is 67.0 Å². The van der Waals surface area contributed by atoms with E-state index >= 15 is 0 Å². The zero-order valence-corrected chi connectivity index (χ0v) is 19.3. The number of amides is 3. The molecule has 4 rings (SSSR count). The molecule has 0 radical (unpaired) electrons. The number of rotatable bonds is 7. The zero-order chi connectivity index (χ0) is 25.2. The Morgan fingerprint density at radius 2 is 1.71 bits per heavy atom. The Labute approximate surface area is 202 Å². The Bertz CT molecular complexity index is 1300. The molecule has 0 N–H and O–H groups in total. The Morgan fingerprint density at radius 3 is 2.34 bits per heavy atom.